The van der Waals surface area contributed by atoms with Gasteiger partial charge in [-0.3, -0.25) is 14.5 Å². The lowest BCUT2D eigenvalue weighted by molar-refractivity contribution is -0.125. The lowest BCUT2D eigenvalue weighted by Gasteiger charge is -2.40. The molecule has 3 aliphatic heterocycles. The number of para-hydroxylation sites is 3. The molecule has 2 aromatic carbocycles. The van der Waals surface area contributed by atoms with Crippen LogP contribution in [-0.4, -0.2) is 80.6 Å². The Kier molecular flexibility index (Phi) is 5.98. The molecule has 5 rings (SSSR count). The van der Waals surface area contributed by atoms with Gasteiger partial charge >= 0.3 is 0 Å². The van der Waals surface area contributed by atoms with E-state index in [4.69, 9.17) is 4.74 Å². The van der Waals surface area contributed by atoms with Crippen LogP contribution in [0.3, 0.4) is 0 Å². The molecule has 0 aromatic heterocycles. The van der Waals surface area contributed by atoms with Crippen molar-refractivity contribution in [3.05, 3.63) is 53.6 Å². The van der Waals surface area contributed by atoms with Crippen molar-refractivity contribution in [2.75, 3.05) is 62.7 Å². The maximum absolute atomic E-state index is 13.4. The molecular formula is C26H32N4O3. The summed E-state index contributed by atoms with van der Waals surface area (Å²) in [4.78, 5) is 35.0. The number of nitrogens with zero attached hydrogens (tertiary/aromatic N) is 4. The van der Waals surface area contributed by atoms with Crippen LogP contribution in [0.2, 0.25) is 0 Å². The van der Waals surface area contributed by atoms with E-state index in [0.717, 1.165) is 56.0 Å². The molecule has 0 spiro atoms. The molecule has 174 valence electrons. The molecule has 3 aliphatic rings. The predicted molar refractivity (Wildman–Crippen MR) is 129 cm³/mol. The molecule has 7 heteroatoms. The van der Waals surface area contributed by atoms with Crippen molar-refractivity contribution >= 4 is 23.2 Å². The standard InChI is InChI=1S/C26H32N4O3/c1-19-25(31)30(22-10-3-4-11-23(22)33-2)18-17-27(19)13-15-29-16-14-28-12-6-8-20-7-5-9-21(24(20)28)26(29)32/h3-5,7,9-11,19H,6,8,12-18H2,1-2H3. The van der Waals surface area contributed by atoms with Crippen LogP contribution in [0.15, 0.2) is 42.5 Å². The Balaban J connectivity index is 1.27. The Morgan fingerprint density at radius 3 is 2.64 bits per heavy atom. The van der Waals surface area contributed by atoms with E-state index in [1.165, 1.54) is 5.56 Å². The summed E-state index contributed by atoms with van der Waals surface area (Å²) in [5, 5.41) is 0. The zero-order valence-corrected chi connectivity index (χ0v) is 19.5. The van der Waals surface area contributed by atoms with Crippen molar-refractivity contribution in [1.82, 2.24) is 9.80 Å². The monoisotopic (exact) mass is 448 g/mol. The number of anilines is 2. The Bertz CT molecular complexity index is 1060. The molecule has 1 saturated heterocycles. The molecule has 1 fully saturated rings. The molecule has 0 aliphatic carbocycles. The number of carbonyl (C=O) groups excluding carboxylic acids is 2. The topological polar surface area (TPSA) is 56.3 Å². The second kappa shape index (κ2) is 9.06. The number of carbonyl (C=O) groups is 2. The third-order valence-electron chi connectivity index (χ3n) is 7.28. The number of aryl methyl sites for hydroxylation is 1. The van der Waals surface area contributed by atoms with Crippen LogP contribution in [0.5, 0.6) is 5.75 Å². The van der Waals surface area contributed by atoms with Gasteiger partial charge in [-0.05, 0) is 43.5 Å². The van der Waals surface area contributed by atoms with Crippen LogP contribution in [0, 0.1) is 0 Å². The minimum absolute atomic E-state index is 0.0694. The first-order valence-electron chi connectivity index (χ1n) is 11.9. The summed E-state index contributed by atoms with van der Waals surface area (Å²) in [6, 6.07) is 13.5. The van der Waals surface area contributed by atoms with Gasteiger partial charge in [0.05, 0.1) is 30.1 Å². The van der Waals surface area contributed by atoms with Gasteiger partial charge in [-0.15, -0.1) is 0 Å². The molecule has 1 atom stereocenters. The lowest BCUT2D eigenvalue weighted by Crippen LogP contribution is -2.57. The van der Waals surface area contributed by atoms with Crippen LogP contribution in [0.4, 0.5) is 11.4 Å². The average molecular weight is 449 g/mol. The number of piperazine rings is 1. The summed E-state index contributed by atoms with van der Waals surface area (Å²) in [5.41, 5.74) is 4.08. The molecule has 3 heterocycles. The highest BCUT2D eigenvalue weighted by Gasteiger charge is 2.35. The van der Waals surface area contributed by atoms with Gasteiger partial charge in [-0.25, -0.2) is 0 Å². The van der Waals surface area contributed by atoms with Crippen molar-refractivity contribution in [2.45, 2.75) is 25.8 Å². The van der Waals surface area contributed by atoms with Crippen molar-refractivity contribution in [3.63, 3.8) is 0 Å². The van der Waals surface area contributed by atoms with E-state index in [-0.39, 0.29) is 17.9 Å². The summed E-state index contributed by atoms with van der Waals surface area (Å²) in [6.07, 6.45) is 2.18. The van der Waals surface area contributed by atoms with Crippen LogP contribution < -0.4 is 14.5 Å². The summed E-state index contributed by atoms with van der Waals surface area (Å²) in [7, 11) is 1.63. The Hall–Kier alpha value is -3.06. The van der Waals surface area contributed by atoms with E-state index in [9.17, 15) is 9.59 Å². The third-order valence-corrected chi connectivity index (χ3v) is 7.28. The molecule has 0 radical (unpaired) electrons. The van der Waals surface area contributed by atoms with Gasteiger partial charge in [0.1, 0.15) is 5.75 Å². The number of hydrogen-bond acceptors (Lipinski definition) is 5. The Labute approximate surface area is 195 Å². The van der Waals surface area contributed by atoms with Gasteiger partial charge in [0.2, 0.25) is 5.91 Å². The largest absolute Gasteiger partial charge is 0.495 e. The van der Waals surface area contributed by atoms with E-state index in [2.05, 4.69) is 15.9 Å². The number of amides is 2. The van der Waals surface area contributed by atoms with Crippen molar-refractivity contribution in [2.24, 2.45) is 0 Å². The number of rotatable bonds is 5. The number of hydrogen-bond donors (Lipinski definition) is 0. The van der Waals surface area contributed by atoms with Gasteiger partial charge < -0.3 is 19.4 Å². The van der Waals surface area contributed by atoms with Crippen molar-refractivity contribution in [3.8, 4) is 5.75 Å². The van der Waals surface area contributed by atoms with E-state index >= 15 is 0 Å². The minimum Gasteiger partial charge on any atom is -0.495 e. The zero-order chi connectivity index (χ0) is 22.9. The molecule has 7 nitrogen and oxygen atoms in total. The SMILES string of the molecule is COc1ccccc1N1CCN(CCN2CCN3CCCc4cccc(c43)C2=O)C(C)C1=O. The van der Waals surface area contributed by atoms with Gasteiger partial charge in [-0.2, -0.15) is 0 Å². The van der Waals surface area contributed by atoms with Crippen LogP contribution in [-0.2, 0) is 11.2 Å². The summed E-state index contributed by atoms with van der Waals surface area (Å²) >= 11 is 0. The highest BCUT2D eigenvalue weighted by molar-refractivity contribution is 6.01. The molecule has 33 heavy (non-hydrogen) atoms. The van der Waals surface area contributed by atoms with E-state index in [1.807, 2.05) is 53.1 Å². The predicted octanol–water partition coefficient (Wildman–Crippen LogP) is 2.64. The van der Waals surface area contributed by atoms with E-state index in [0.29, 0.717) is 25.4 Å². The van der Waals surface area contributed by atoms with Gasteiger partial charge in [-0.1, -0.05) is 24.3 Å². The first kappa shape index (κ1) is 21.8. The zero-order valence-electron chi connectivity index (χ0n) is 19.5. The molecule has 0 N–H and O–H groups in total. The summed E-state index contributed by atoms with van der Waals surface area (Å²) in [5.74, 6) is 0.893. The van der Waals surface area contributed by atoms with Gasteiger partial charge in [0.25, 0.3) is 5.91 Å². The highest BCUT2D eigenvalue weighted by Crippen LogP contribution is 2.34. The fourth-order valence-corrected chi connectivity index (χ4v) is 5.42. The Morgan fingerprint density at radius 2 is 1.79 bits per heavy atom. The Morgan fingerprint density at radius 1 is 0.939 bits per heavy atom. The van der Waals surface area contributed by atoms with Crippen LogP contribution in [0.1, 0.15) is 29.3 Å². The first-order valence-corrected chi connectivity index (χ1v) is 11.9. The quantitative estimate of drug-likeness (QED) is 0.704. The second-order valence-electron chi connectivity index (χ2n) is 9.07. The fourth-order valence-electron chi connectivity index (χ4n) is 5.42. The summed E-state index contributed by atoms with van der Waals surface area (Å²) < 4.78 is 5.46. The lowest BCUT2D eigenvalue weighted by atomic mass is 9.97. The average Bonchev–Trinajstić information content (AvgIpc) is 2.98. The molecule has 0 bridgehead atoms. The number of benzene rings is 2. The molecule has 0 saturated carbocycles. The molecule has 2 amide bonds. The highest BCUT2D eigenvalue weighted by atomic mass is 16.5. The van der Waals surface area contributed by atoms with Crippen LogP contribution in [0.25, 0.3) is 0 Å². The third kappa shape index (κ3) is 3.95. The maximum Gasteiger partial charge on any atom is 0.256 e. The first-order chi connectivity index (χ1) is 16.1. The maximum atomic E-state index is 13.4. The summed E-state index contributed by atoms with van der Waals surface area (Å²) in [6.45, 7) is 7.25. The fraction of sp³-hybridized carbons (Fsp3) is 0.462. The second-order valence-corrected chi connectivity index (χ2v) is 9.07. The van der Waals surface area contributed by atoms with E-state index < -0.39 is 0 Å². The molecule has 2 aromatic rings. The van der Waals surface area contributed by atoms with E-state index in [1.54, 1.807) is 7.11 Å². The number of methoxy groups -OCH3 is 1. The van der Waals surface area contributed by atoms with Crippen LogP contribution >= 0.6 is 0 Å². The van der Waals surface area contributed by atoms with Gasteiger partial charge in [0, 0.05) is 45.8 Å². The molecule has 1 unspecified atom stereocenters. The smallest absolute Gasteiger partial charge is 0.256 e. The number of ether oxygens (including phenoxy) is 1. The van der Waals surface area contributed by atoms with Crippen molar-refractivity contribution in [1.29, 1.82) is 0 Å². The molecular weight excluding hydrogens is 416 g/mol. The van der Waals surface area contributed by atoms with Gasteiger partial charge in [0.15, 0.2) is 0 Å². The normalized spacial score (nSPS) is 21.2. The van der Waals surface area contributed by atoms with Crippen molar-refractivity contribution < 1.29 is 14.3 Å². The minimum atomic E-state index is -0.247.